The Kier molecular flexibility index (Phi) is 6.90. The van der Waals surface area contributed by atoms with E-state index in [2.05, 4.69) is 16.7 Å². The quantitative estimate of drug-likeness (QED) is 0.406. The van der Waals surface area contributed by atoms with Crippen molar-refractivity contribution in [2.45, 2.75) is 37.2 Å². The number of amides is 2. The van der Waals surface area contributed by atoms with Crippen molar-refractivity contribution in [1.29, 1.82) is 0 Å². The number of carbonyl (C=O) groups excluding carboxylic acids is 2. The highest BCUT2D eigenvalue weighted by molar-refractivity contribution is 8.00. The van der Waals surface area contributed by atoms with Gasteiger partial charge in [0.05, 0.1) is 22.0 Å². The Morgan fingerprint density at radius 2 is 1.70 bits per heavy atom. The second-order valence-corrected chi connectivity index (χ2v) is 9.90. The van der Waals surface area contributed by atoms with Crippen molar-refractivity contribution in [3.05, 3.63) is 69.6 Å². The lowest BCUT2D eigenvalue weighted by atomic mass is 10.1. The van der Waals surface area contributed by atoms with Crippen LogP contribution in [-0.2, 0) is 16.0 Å². The van der Waals surface area contributed by atoms with Crippen molar-refractivity contribution in [2.24, 2.45) is 0 Å². The van der Waals surface area contributed by atoms with Crippen molar-refractivity contribution < 1.29 is 9.59 Å². The zero-order chi connectivity index (χ0) is 23.5. The normalized spacial score (nSPS) is 12.3. The summed E-state index contributed by atoms with van der Waals surface area (Å²) in [5.74, 6) is 0.589. The van der Waals surface area contributed by atoms with Crippen molar-refractivity contribution in [3.63, 3.8) is 0 Å². The first-order valence-electron chi connectivity index (χ1n) is 10.5. The summed E-state index contributed by atoms with van der Waals surface area (Å²) < 4.78 is 1.62. The summed E-state index contributed by atoms with van der Waals surface area (Å²) in [6, 6.07) is 12.9. The first-order valence-corrected chi connectivity index (χ1v) is 12.4. The van der Waals surface area contributed by atoms with Gasteiger partial charge in [-0.2, -0.15) is 0 Å². The van der Waals surface area contributed by atoms with E-state index >= 15 is 0 Å². The SMILES string of the molecule is CC(=O)Nc1ccc(NC(=O)CSc2nc3c(c(=O)n2-c2cc(C)cc(C)c2)SCC3)cc1. The molecule has 9 heteroatoms. The van der Waals surface area contributed by atoms with Gasteiger partial charge < -0.3 is 10.6 Å². The number of aromatic nitrogens is 2. The summed E-state index contributed by atoms with van der Waals surface area (Å²) in [7, 11) is 0. The van der Waals surface area contributed by atoms with Crippen LogP contribution in [0, 0.1) is 13.8 Å². The monoisotopic (exact) mass is 480 g/mol. The summed E-state index contributed by atoms with van der Waals surface area (Å²) in [4.78, 5) is 42.5. The van der Waals surface area contributed by atoms with Crippen molar-refractivity contribution >= 4 is 46.7 Å². The van der Waals surface area contributed by atoms with Crippen LogP contribution >= 0.6 is 23.5 Å². The molecule has 0 saturated carbocycles. The standard InChI is InChI=1S/C24H24N4O3S2/c1-14-10-15(2)12-19(11-14)28-23(31)22-20(8-9-32-22)27-24(28)33-13-21(30)26-18-6-4-17(5-7-18)25-16(3)29/h4-7,10-12H,8-9,13H2,1-3H3,(H,25,29)(H,26,30). The minimum Gasteiger partial charge on any atom is -0.326 e. The third kappa shape index (κ3) is 5.48. The van der Waals surface area contributed by atoms with Gasteiger partial charge in [-0.15, -0.1) is 11.8 Å². The zero-order valence-corrected chi connectivity index (χ0v) is 20.2. The minimum absolute atomic E-state index is 0.0797. The number of hydrogen-bond acceptors (Lipinski definition) is 6. The molecule has 0 unspecified atom stereocenters. The number of rotatable bonds is 6. The lowest BCUT2D eigenvalue weighted by molar-refractivity contribution is -0.114. The van der Waals surface area contributed by atoms with Crippen molar-refractivity contribution in [3.8, 4) is 5.69 Å². The Balaban J connectivity index is 1.55. The molecule has 0 fully saturated rings. The fourth-order valence-corrected chi connectivity index (χ4v) is 5.52. The number of fused-ring (bicyclic) bond motifs is 1. The van der Waals surface area contributed by atoms with E-state index in [1.165, 1.54) is 18.7 Å². The first kappa shape index (κ1) is 23.1. The van der Waals surface area contributed by atoms with Crippen LogP contribution in [0.15, 0.2) is 57.3 Å². The van der Waals surface area contributed by atoms with Crippen LogP contribution in [0.5, 0.6) is 0 Å². The smallest absolute Gasteiger partial charge is 0.272 e. The molecule has 1 aliphatic rings. The Hall–Kier alpha value is -3.04. The number of nitrogens with one attached hydrogen (secondary N) is 2. The molecule has 0 atom stereocenters. The first-order chi connectivity index (χ1) is 15.8. The summed E-state index contributed by atoms with van der Waals surface area (Å²) >= 11 is 2.79. The van der Waals surface area contributed by atoms with Gasteiger partial charge in [0.2, 0.25) is 11.8 Å². The number of benzene rings is 2. The molecule has 1 aromatic heterocycles. The second-order valence-electron chi connectivity index (χ2n) is 7.85. The van der Waals surface area contributed by atoms with E-state index in [-0.39, 0.29) is 23.1 Å². The number of anilines is 2. The minimum atomic E-state index is -0.205. The molecular weight excluding hydrogens is 456 g/mol. The van der Waals surface area contributed by atoms with Crippen LogP contribution in [0.1, 0.15) is 23.7 Å². The maximum absolute atomic E-state index is 13.3. The van der Waals surface area contributed by atoms with Gasteiger partial charge in [0.25, 0.3) is 5.56 Å². The molecule has 0 saturated heterocycles. The van der Waals surface area contributed by atoms with Crippen LogP contribution in [-0.4, -0.2) is 32.9 Å². The van der Waals surface area contributed by atoms with E-state index in [4.69, 9.17) is 4.98 Å². The summed E-state index contributed by atoms with van der Waals surface area (Å²) in [6.45, 7) is 5.43. The van der Waals surface area contributed by atoms with Gasteiger partial charge in [-0.05, 0) is 61.4 Å². The van der Waals surface area contributed by atoms with E-state index in [0.29, 0.717) is 21.4 Å². The molecule has 2 heterocycles. The van der Waals surface area contributed by atoms with Crippen LogP contribution in [0.25, 0.3) is 5.69 Å². The highest BCUT2D eigenvalue weighted by Gasteiger charge is 2.23. The molecule has 1 aliphatic heterocycles. The Bertz CT molecular complexity index is 1270. The number of hydrogen-bond donors (Lipinski definition) is 2. The lowest BCUT2D eigenvalue weighted by Gasteiger charge is -2.15. The number of nitrogens with zero attached hydrogens (tertiary/aromatic N) is 2. The number of aryl methyl sites for hydroxylation is 3. The van der Waals surface area contributed by atoms with Crippen LogP contribution in [0.4, 0.5) is 11.4 Å². The topological polar surface area (TPSA) is 93.1 Å². The number of carbonyl (C=O) groups is 2. The molecule has 33 heavy (non-hydrogen) atoms. The average Bonchev–Trinajstić information content (AvgIpc) is 3.21. The van der Waals surface area contributed by atoms with Crippen molar-refractivity contribution in [2.75, 3.05) is 22.1 Å². The molecule has 0 aliphatic carbocycles. The van der Waals surface area contributed by atoms with Gasteiger partial charge in [0.15, 0.2) is 5.16 Å². The average molecular weight is 481 g/mol. The van der Waals surface area contributed by atoms with E-state index in [0.717, 1.165) is 34.7 Å². The van der Waals surface area contributed by atoms with Gasteiger partial charge in [-0.3, -0.25) is 19.0 Å². The molecule has 2 amide bonds. The molecular formula is C24H24N4O3S2. The lowest BCUT2D eigenvalue weighted by Crippen LogP contribution is -2.25. The fraction of sp³-hybridized carbons (Fsp3) is 0.250. The maximum atomic E-state index is 13.3. The molecule has 7 nitrogen and oxygen atoms in total. The van der Waals surface area contributed by atoms with Gasteiger partial charge in [-0.1, -0.05) is 17.8 Å². The van der Waals surface area contributed by atoms with E-state index in [1.807, 2.05) is 26.0 Å². The highest BCUT2D eigenvalue weighted by atomic mass is 32.2. The Labute approximate surface area is 200 Å². The van der Waals surface area contributed by atoms with E-state index < -0.39 is 0 Å². The van der Waals surface area contributed by atoms with E-state index in [9.17, 15) is 14.4 Å². The molecule has 170 valence electrons. The predicted molar refractivity (Wildman–Crippen MR) is 134 cm³/mol. The molecule has 0 radical (unpaired) electrons. The largest absolute Gasteiger partial charge is 0.326 e. The molecule has 0 spiro atoms. The predicted octanol–water partition coefficient (Wildman–Crippen LogP) is 4.19. The van der Waals surface area contributed by atoms with Gasteiger partial charge >= 0.3 is 0 Å². The Morgan fingerprint density at radius 1 is 1.06 bits per heavy atom. The van der Waals surface area contributed by atoms with Gasteiger partial charge in [0.1, 0.15) is 0 Å². The van der Waals surface area contributed by atoms with Crippen LogP contribution in [0.2, 0.25) is 0 Å². The van der Waals surface area contributed by atoms with Gasteiger partial charge in [0, 0.05) is 30.5 Å². The summed E-state index contributed by atoms with van der Waals surface area (Å²) in [5.41, 5.74) is 4.89. The molecule has 0 bridgehead atoms. The third-order valence-electron chi connectivity index (χ3n) is 4.95. The maximum Gasteiger partial charge on any atom is 0.272 e. The third-order valence-corrected chi connectivity index (χ3v) is 7.00. The van der Waals surface area contributed by atoms with Crippen LogP contribution in [0.3, 0.4) is 0 Å². The van der Waals surface area contributed by atoms with Crippen molar-refractivity contribution in [1.82, 2.24) is 9.55 Å². The number of thioether (sulfide) groups is 2. The highest BCUT2D eigenvalue weighted by Crippen LogP contribution is 2.30. The summed E-state index contributed by atoms with van der Waals surface area (Å²) in [6.07, 6.45) is 0.753. The Morgan fingerprint density at radius 3 is 2.33 bits per heavy atom. The molecule has 4 rings (SSSR count). The zero-order valence-electron chi connectivity index (χ0n) is 18.6. The van der Waals surface area contributed by atoms with Crippen LogP contribution < -0.4 is 16.2 Å². The molecule has 3 aromatic rings. The molecule has 2 aromatic carbocycles. The fourth-order valence-electron chi connectivity index (χ4n) is 3.66. The van der Waals surface area contributed by atoms with E-state index in [1.54, 1.807) is 40.6 Å². The van der Waals surface area contributed by atoms with Gasteiger partial charge in [-0.25, -0.2) is 4.98 Å². The molecule has 2 N–H and O–H groups in total. The summed E-state index contributed by atoms with van der Waals surface area (Å²) in [5, 5.41) is 6.05. The second kappa shape index (κ2) is 9.84.